The van der Waals surface area contributed by atoms with Gasteiger partial charge in [0.05, 0.1) is 12.8 Å². The van der Waals surface area contributed by atoms with Crippen LogP contribution in [0.15, 0.2) is 35.5 Å². The Balaban J connectivity index is 2.27. The quantitative estimate of drug-likeness (QED) is 0.714. The van der Waals surface area contributed by atoms with E-state index in [0.29, 0.717) is 5.71 Å². The fourth-order valence-electron chi connectivity index (χ4n) is 1.79. The Bertz CT molecular complexity index is 414. The molecule has 1 aromatic rings. The van der Waals surface area contributed by atoms with Crippen molar-refractivity contribution in [2.75, 3.05) is 7.11 Å². The number of esters is 1. The monoisotopic (exact) mass is 219 g/mol. The number of hydrogen-bond donors (Lipinski definition) is 0. The van der Waals surface area contributed by atoms with Gasteiger partial charge in [0.15, 0.2) is 6.10 Å². The number of benzene rings is 1. The predicted octanol–water partition coefficient (Wildman–Crippen LogP) is 1.92. The molecule has 4 nitrogen and oxygen atoms in total. The minimum Gasteiger partial charge on any atom is -0.468 e. The van der Waals surface area contributed by atoms with E-state index >= 15 is 0 Å². The van der Waals surface area contributed by atoms with Crippen LogP contribution in [0.5, 0.6) is 0 Å². The summed E-state index contributed by atoms with van der Waals surface area (Å²) in [5.41, 5.74) is 1.58. The smallest absolute Gasteiger partial charge is 0.318 e. The molecule has 0 spiro atoms. The van der Waals surface area contributed by atoms with Gasteiger partial charge in [-0.05, 0) is 12.5 Å². The van der Waals surface area contributed by atoms with Crippen molar-refractivity contribution in [1.82, 2.24) is 0 Å². The number of rotatable bonds is 2. The van der Waals surface area contributed by atoms with Gasteiger partial charge < -0.3 is 9.57 Å². The number of oxime groups is 1. The van der Waals surface area contributed by atoms with Crippen LogP contribution in [-0.2, 0) is 14.4 Å². The first kappa shape index (κ1) is 10.7. The molecule has 0 radical (unpaired) electrons. The molecular weight excluding hydrogens is 206 g/mol. The normalized spacial score (nSPS) is 23.5. The van der Waals surface area contributed by atoms with Crippen LogP contribution in [-0.4, -0.2) is 18.8 Å². The maximum Gasteiger partial charge on any atom is 0.318 e. The molecule has 16 heavy (non-hydrogen) atoms. The molecule has 2 atom stereocenters. The molecule has 0 saturated heterocycles. The van der Waals surface area contributed by atoms with E-state index in [4.69, 9.17) is 9.57 Å². The van der Waals surface area contributed by atoms with Crippen LogP contribution in [0.1, 0.15) is 18.6 Å². The molecule has 1 aliphatic heterocycles. The lowest BCUT2D eigenvalue weighted by atomic mass is 9.93. The summed E-state index contributed by atoms with van der Waals surface area (Å²) in [6, 6.07) is 9.55. The lowest BCUT2D eigenvalue weighted by molar-refractivity contribution is -0.146. The topological polar surface area (TPSA) is 47.9 Å². The van der Waals surface area contributed by atoms with Gasteiger partial charge in [-0.2, -0.15) is 0 Å². The summed E-state index contributed by atoms with van der Waals surface area (Å²) in [6.07, 6.45) is -0.367. The molecule has 4 heteroatoms. The van der Waals surface area contributed by atoms with Gasteiger partial charge in [0.1, 0.15) is 5.92 Å². The van der Waals surface area contributed by atoms with Gasteiger partial charge in [-0.25, -0.2) is 0 Å². The first-order valence-corrected chi connectivity index (χ1v) is 5.07. The molecule has 0 bridgehead atoms. The highest BCUT2D eigenvalue weighted by Gasteiger charge is 2.39. The Kier molecular flexibility index (Phi) is 2.90. The van der Waals surface area contributed by atoms with E-state index in [2.05, 4.69) is 5.16 Å². The number of nitrogens with zero attached hydrogens (tertiary/aromatic N) is 1. The zero-order chi connectivity index (χ0) is 11.5. The Morgan fingerprint density at radius 2 is 2.06 bits per heavy atom. The third-order valence-electron chi connectivity index (χ3n) is 2.65. The maximum atomic E-state index is 11.6. The van der Waals surface area contributed by atoms with Crippen molar-refractivity contribution < 1.29 is 14.4 Å². The Labute approximate surface area is 93.9 Å². The molecule has 1 aromatic carbocycles. The number of hydrogen-bond acceptors (Lipinski definition) is 4. The summed E-state index contributed by atoms with van der Waals surface area (Å²) in [5.74, 6) is -0.750. The molecule has 0 aromatic heterocycles. The lowest BCUT2D eigenvalue weighted by Gasteiger charge is -2.15. The average molecular weight is 219 g/mol. The van der Waals surface area contributed by atoms with Crippen LogP contribution in [0.2, 0.25) is 0 Å². The van der Waals surface area contributed by atoms with Gasteiger partial charge in [-0.15, -0.1) is 0 Å². The molecule has 1 aliphatic rings. The van der Waals surface area contributed by atoms with E-state index < -0.39 is 5.92 Å². The second-order valence-corrected chi connectivity index (χ2v) is 3.67. The molecule has 1 heterocycles. The van der Waals surface area contributed by atoms with Gasteiger partial charge in [-0.1, -0.05) is 35.5 Å². The largest absolute Gasteiger partial charge is 0.468 e. The lowest BCUT2D eigenvalue weighted by Crippen LogP contribution is -2.26. The van der Waals surface area contributed by atoms with Gasteiger partial charge in [-0.3, -0.25) is 4.79 Å². The summed E-state index contributed by atoms with van der Waals surface area (Å²) in [5, 5.41) is 3.86. The van der Waals surface area contributed by atoms with Crippen molar-refractivity contribution in [1.29, 1.82) is 0 Å². The Morgan fingerprint density at radius 1 is 1.38 bits per heavy atom. The van der Waals surface area contributed by atoms with E-state index in [1.165, 1.54) is 7.11 Å². The van der Waals surface area contributed by atoms with Crippen LogP contribution < -0.4 is 0 Å². The molecule has 0 fully saturated rings. The van der Waals surface area contributed by atoms with Gasteiger partial charge in [0.25, 0.3) is 0 Å². The van der Waals surface area contributed by atoms with Gasteiger partial charge >= 0.3 is 5.97 Å². The number of carbonyl (C=O) groups is 1. The molecule has 2 unspecified atom stereocenters. The highest BCUT2D eigenvalue weighted by atomic mass is 16.6. The van der Waals surface area contributed by atoms with Crippen LogP contribution in [0.4, 0.5) is 0 Å². The minimum absolute atomic E-state index is 0.312. The van der Waals surface area contributed by atoms with Crippen molar-refractivity contribution in [2.45, 2.75) is 13.0 Å². The van der Waals surface area contributed by atoms with Crippen molar-refractivity contribution in [3.63, 3.8) is 0 Å². The first-order chi connectivity index (χ1) is 7.74. The zero-order valence-corrected chi connectivity index (χ0v) is 9.21. The molecule has 0 aliphatic carbocycles. The van der Waals surface area contributed by atoms with Crippen molar-refractivity contribution in [3.8, 4) is 0 Å². The van der Waals surface area contributed by atoms with Crippen LogP contribution in [0.3, 0.4) is 0 Å². The first-order valence-electron chi connectivity index (χ1n) is 5.07. The molecule has 0 saturated carbocycles. The van der Waals surface area contributed by atoms with Crippen LogP contribution in [0.25, 0.3) is 0 Å². The van der Waals surface area contributed by atoms with E-state index in [9.17, 15) is 4.79 Å². The fraction of sp³-hybridized carbons (Fsp3) is 0.333. The summed E-state index contributed by atoms with van der Waals surface area (Å²) in [7, 11) is 1.37. The molecule has 2 rings (SSSR count). The summed E-state index contributed by atoms with van der Waals surface area (Å²) >= 11 is 0. The molecule has 0 N–H and O–H groups in total. The van der Waals surface area contributed by atoms with Crippen molar-refractivity contribution in [3.05, 3.63) is 35.9 Å². The Morgan fingerprint density at radius 3 is 2.69 bits per heavy atom. The second kappa shape index (κ2) is 4.35. The average Bonchev–Trinajstić information content (AvgIpc) is 2.71. The van der Waals surface area contributed by atoms with E-state index in [-0.39, 0.29) is 12.1 Å². The SMILES string of the molecule is COC(=O)C1C(C)=NOC1c1ccccc1. The van der Waals surface area contributed by atoms with Crippen molar-refractivity contribution >= 4 is 11.7 Å². The number of carbonyl (C=O) groups excluding carboxylic acids is 1. The minimum atomic E-state index is -0.438. The maximum absolute atomic E-state index is 11.6. The Hall–Kier alpha value is -1.84. The van der Waals surface area contributed by atoms with Crippen LogP contribution in [0, 0.1) is 5.92 Å². The molecular formula is C12H13NO3. The standard InChI is InChI=1S/C12H13NO3/c1-8-10(12(14)15-2)11(16-13-8)9-6-4-3-5-7-9/h3-7,10-11H,1-2H3. The fourth-order valence-corrected chi connectivity index (χ4v) is 1.79. The summed E-state index contributed by atoms with van der Waals surface area (Å²) < 4.78 is 4.76. The van der Waals surface area contributed by atoms with E-state index in [1.54, 1.807) is 6.92 Å². The number of methoxy groups -OCH3 is 1. The van der Waals surface area contributed by atoms with E-state index in [1.807, 2.05) is 30.3 Å². The van der Waals surface area contributed by atoms with Gasteiger partial charge in [0, 0.05) is 0 Å². The summed E-state index contributed by atoms with van der Waals surface area (Å²) in [6.45, 7) is 1.77. The molecule has 0 amide bonds. The van der Waals surface area contributed by atoms with Gasteiger partial charge in [0.2, 0.25) is 0 Å². The highest BCUT2D eigenvalue weighted by molar-refractivity contribution is 6.02. The third kappa shape index (κ3) is 1.78. The van der Waals surface area contributed by atoms with Crippen LogP contribution >= 0.6 is 0 Å². The zero-order valence-electron chi connectivity index (χ0n) is 9.21. The van der Waals surface area contributed by atoms with E-state index in [0.717, 1.165) is 5.56 Å². The summed E-state index contributed by atoms with van der Waals surface area (Å²) in [4.78, 5) is 16.9. The number of ether oxygens (including phenoxy) is 1. The third-order valence-corrected chi connectivity index (χ3v) is 2.65. The van der Waals surface area contributed by atoms with Crippen molar-refractivity contribution in [2.24, 2.45) is 11.1 Å². The molecule has 84 valence electrons. The predicted molar refractivity (Wildman–Crippen MR) is 58.9 cm³/mol. The highest BCUT2D eigenvalue weighted by Crippen LogP contribution is 2.33. The second-order valence-electron chi connectivity index (χ2n) is 3.67.